The Balaban J connectivity index is 1.73. The lowest BCUT2D eigenvalue weighted by Gasteiger charge is -2.33. The number of rotatable bonds is 4. The topological polar surface area (TPSA) is 45.2 Å². The van der Waals surface area contributed by atoms with Crippen molar-refractivity contribution in [3.8, 4) is 0 Å². The predicted molar refractivity (Wildman–Crippen MR) is 71.5 cm³/mol. The third-order valence-corrected chi connectivity index (χ3v) is 3.52. The summed E-state index contributed by atoms with van der Waals surface area (Å²) in [6, 6.07) is 6.02. The van der Waals surface area contributed by atoms with Crippen LogP contribution in [0.3, 0.4) is 0 Å². The van der Waals surface area contributed by atoms with Crippen molar-refractivity contribution >= 4 is 5.91 Å². The van der Waals surface area contributed by atoms with Gasteiger partial charge in [0.15, 0.2) is 0 Å². The molecule has 1 atom stereocenters. The van der Waals surface area contributed by atoms with Crippen molar-refractivity contribution in [2.75, 3.05) is 19.6 Å². The lowest BCUT2D eigenvalue weighted by Crippen LogP contribution is -2.42. The molecule has 1 saturated heterocycles. The highest BCUT2D eigenvalue weighted by molar-refractivity contribution is 5.92. The summed E-state index contributed by atoms with van der Waals surface area (Å²) in [7, 11) is 0. The summed E-state index contributed by atoms with van der Waals surface area (Å²) in [6.45, 7) is 5.04. The van der Waals surface area contributed by atoms with Crippen molar-refractivity contribution in [3.05, 3.63) is 30.1 Å². The summed E-state index contributed by atoms with van der Waals surface area (Å²) in [6.07, 6.45) is 5.52. The summed E-state index contributed by atoms with van der Waals surface area (Å²) in [5, 5.41) is 2.92. The Morgan fingerprint density at radius 2 is 2.39 bits per heavy atom. The zero-order valence-corrected chi connectivity index (χ0v) is 10.9. The van der Waals surface area contributed by atoms with Gasteiger partial charge in [-0.25, -0.2) is 0 Å². The minimum absolute atomic E-state index is 0.0831. The minimum atomic E-state index is -0.0831. The quantitative estimate of drug-likeness (QED) is 0.880. The predicted octanol–water partition coefficient (Wildman–Crippen LogP) is 1.69. The van der Waals surface area contributed by atoms with Crippen LogP contribution in [0.2, 0.25) is 0 Å². The lowest BCUT2D eigenvalue weighted by molar-refractivity contribution is 0.0933. The number of aromatic nitrogens is 1. The van der Waals surface area contributed by atoms with Crippen LogP contribution in [0.1, 0.15) is 36.7 Å². The Morgan fingerprint density at radius 3 is 3.11 bits per heavy atom. The van der Waals surface area contributed by atoms with Crippen LogP contribution >= 0.6 is 0 Å². The van der Waals surface area contributed by atoms with Crippen LogP contribution in [0, 0.1) is 0 Å². The van der Waals surface area contributed by atoms with E-state index in [2.05, 4.69) is 22.1 Å². The minimum Gasteiger partial charge on any atom is -0.349 e. The summed E-state index contributed by atoms with van der Waals surface area (Å²) in [4.78, 5) is 18.3. The number of pyridine rings is 1. The van der Waals surface area contributed by atoms with Gasteiger partial charge in [0.1, 0.15) is 5.69 Å². The van der Waals surface area contributed by atoms with E-state index in [1.54, 1.807) is 12.3 Å². The van der Waals surface area contributed by atoms with E-state index in [1.807, 2.05) is 12.1 Å². The zero-order valence-electron chi connectivity index (χ0n) is 10.9. The molecule has 0 aliphatic carbocycles. The van der Waals surface area contributed by atoms with Gasteiger partial charge in [0.05, 0.1) is 0 Å². The molecule has 0 radical (unpaired) electrons. The first-order valence-corrected chi connectivity index (χ1v) is 6.70. The average Bonchev–Trinajstić information content (AvgIpc) is 2.42. The van der Waals surface area contributed by atoms with E-state index < -0.39 is 0 Å². The van der Waals surface area contributed by atoms with Gasteiger partial charge in [-0.1, -0.05) is 12.5 Å². The molecular formula is C14H21N3O. The summed E-state index contributed by atoms with van der Waals surface area (Å²) in [5.41, 5.74) is 0.490. The van der Waals surface area contributed by atoms with Crippen LogP contribution in [0.25, 0.3) is 0 Å². The molecule has 1 fully saturated rings. The Kier molecular flexibility index (Phi) is 4.70. The number of nitrogens with zero attached hydrogens (tertiary/aromatic N) is 2. The Labute approximate surface area is 108 Å². The second-order valence-electron chi connectivity index (χ2n) is 4.85. The van der Waals surface area contributed by atoms with Gasteiger partial charge in [0.25, 0.3) is 5.91 Å². The van der Waals surface area contributed by atoms with E-state index in [0.717, 1.165) is 13.1 Å². The maximum Gasteiger partial charge on any atom is 0.269 e. The molecule has 1 aliphatic heterocycles. The van der Waals surface area contributed by atoms with E-state index in [-0.39, 0.29) is 5.91 Å². The maximum absolute atomic E-state index is 11.8. The second kappa shape index (κ2) is 6.50. The fourth-order valence-corrected chi connectivity index (χ4v) is 2.39. The van der Waals surface area contributed by atoms with Gasteiger partial charge in [0.2, 0.25) is 0 Å². The molecule has 1 N–H and O–H groups in total. The number of carbonyl (C=O) groups excluding carboxylic acids is 1. The van der Waals surface area contributed by atoms with Gasteiger partial charge >= 0.3 is 0 Å². The van der Waals surface area contributed by atoms with Crippen molar-refractivity contribution in [1.82, 2.24) is 15.2 Å². The fraction of sp³-hybridized carbons (Fsp3) is 0.571. The first-order valence-electron chi connectivity index (χ1n) is 6.70. The van der Waals surface area contributed by atoms with Crippen molar-refractivity contribution < 1.29 is 4.79 Å². The molecule has 0 spiro atoms. The largest absolute Gasteiger partial charge is 0.349 e. The number of carbonyl (C=O) groups is 1. The fourth-order valence-electron chi connectivity index (χ4n) is 2.39. The van der Waals surface area contributed by atoms with Crippen molar-refractivity contribution in [3.63, 3.8) is 0 Å². The Hall–Kier alpha value is -1.42. The van der Waals surface area contributed by atoms with E-state index in [0.29, 0.717) is 18.3 Å². The van der Waals surface area contributed by atoms with Crippen molar-refractivity contribution in [1.29, 1.82) is 0 Å². The number of hydrogen-bond acceptors (Lipinski definition) is 3. The third kappa shape index (κ3) is 3.53. The third-order valence-electron chi connectivity index (χ3n) is 3.52. The van der Waals surface area contributed by atoms with E-state index >= 15 is 0 Å². The van der Waals surface area contributed by atoms with Gasteiger partial charge < -0.3 is 5.32 Å². The molecule has 4 heteroatoms. The molecule has 1 aromatic heterocycles. The molecule has 98 valence electrons. The summed E-state index contributed by atoms with van der Waals surface area (Å²) >= 11 is 0. The highest BCUT2D eigenvalue weighted by atomic mass is 16.1. The molecule has 0 aromatic carbocycles. The van der Waals surface area contributed by atoms with E-state index in [4.69, 9.17) is 0 Å². The van der Waals surface area contributed by atoms with Gasteiger partial charge in [-0.15, -0.1) is 0 Å². The standard InChI is InChI=1S/C14H21N3O/c1-12-6-3-5-10-17(12)11-9-16-14(18)13-7-2-4-8-15-13/h2,4,7-8,12H,3,5-6,9-11H2,1H3,(H,16,18)/t12-/m1/s1. The molecular weight excluding hydrogens is 226 g/mol. The number of hydrogen-bond donors (Lipinski definition) is 1. The highest BCUT2D eigenvalue weighted by Crippen LogP contribution is 2.15. The molecule has 2 rings (SSSR count). The number of amides is 1. The van der Waals surface area contributed by atoms with Gasteiger partial charge in [-0.2, -0.15) is 0 Å². The SMILES string of the molecule is C[C@@H]1CCCCN1CCNC(=O)c1ccccn1. The molecule has 0 unspecified atom stereocenters. The first kappa shape index (κ1) is 13.0. The van der Waals surface area contributed by atoms with E-state index in [1.165, 1.54) is 19.3 Å². The van der Waals surface area contributed by atoms with E-state index in [9.17, 15) is 4.79 Å². The monoisotopic (exact) mass is 247 g/mol. The van der Waals surface area contributed by atoms with Gasteiger partial charge in [-0.05, 0) is 38.4 Å². The maximum atomic E-state index is 11.8. The van der Waals surface area contributed by atoms with Crippen LogP contribution < -0.4 is 5.32 Å². The normalized spacial score (nSPS) is 20.6. The van der Waals surface area contributed by atoms with Crippen LogP contribution in [0.15, 0.2) is 24.4 Å². The number of nitrogens with one attached hydrogen (secondary N) is 1. The zero-order chi connectivity index (χ0) is 12.8. The van der Waals surface area contributed by atoms with Crippen LogP contribution in [0.5, 0.6) is 0 Å². The van der Waals surface area contributed by atoms with Crippen LogP contribution in [-0.4, -0.2) is 41.5 Å². The number of likely N-dealkylation sites (tertiary alicyclic amines) is 1. The molecule has 0 saturated carbocycles. The molecule has 0 bridgehead atoms. The Morgan fingerprint density at radius 1 is 1.50 bits per heavy atom. The molecule has 1 aliphatic rings. The van der Waals surface area contributed by atoms with Gasteiger partial charge in [-0.3, -0.25) is 14.7 Å². The molecule has 1 amide bonds. The molecule has 18 heavy (non-hydrogen) atoms. The smallest absolute Gasteiger partial charge is 0.269 e. The van der Waals surface area contributed by atoms with Crippen molar-refractivity contribution in [2.45, 2.75) is 32.2 Å². The first-order chi connectivity index (χ1) is 8.77. The highest BCUT2D eigenvalue weighted by Gasteiger charge is 2.17. The number of piperidine rings is 1. The Bertz CT molecular complexity index is 380. The molecule has 2 heterocycles. The second-order valence-corrected chi connectivity index (χ2v) is 4.85. The average molecular weight is 247 g/mol. The lowest BCUT2D eigenvalue weighted by atomic mass is 10.0. The summed E-state index contributed by atoms with van der Waals surface area (Å²) in [5.74, 6) is -0.0831. The van der Waals surface area contributed by atoms with Crippen LogP contribution in [-0.2, 0) is 0 Å². The molecule has 4 nitrogen and oxygen atoms in total. The molecule has 1 aromatic rings. The van der Waals surface area contributed by atoms with Gasteiger partial charge in [0, 0.05) is 25.3 Å². The van der Waals surface area contributed by atoms with Crippen LogP contribution in [0.4, 0.5) is 0 Å². The van der Waals surface area contributed by atoms with Crippen molar-refractivity contribution in [2.24, 2.45) is 0 Å². The summed E-state index contributed by atoms with van der Waals surface area (Å²) < 4.78 is 0.